The van der Waals surface area contributed by atoms with Crippen molar-refractivity contribution >= 4 is 23.7 Å². The number of carbonyl (C=O) groups is 1. The van der Waals surface area contributed by atoms with Crippen LogP contribution in [0, 0.1) is 0 Å². The lowest BCUT2D eigenvalue weighted by atomic mass is 10.2. The summed E-state index contributed by atoms with van der Waals surface area (Å²) >= 11 is 6.19. The van der Waals surface area contributed by atoms with Crippen LogP contribution in [0.5, 0.6) is 23.0 Å². The Morgan fingerprint density at radius 2 is 2.15 bits per heavy atom. The van der Waals surface area contributed by atoms with Crippen molar-refractivity contribution in [2.75, 3.05) is 20.3 Å². The quantitative estimate of drug-likeness (QED) is 0.606. The highest BCUT2D eigenvalue weighted by molar-refractivity contribution is 6.32. The second-order valence-electron chi connectivity index (χ2n) is 5.57. The summed E-state index contributed by atoms with van der Waals surface area (Å²) in [6, 6.07) is 10.6. The molecule has 2 aromatic rings. The number of carbonyl (C=O) groups excluding carboxylic acids is 1. The first-order chi connectivity index (χ1) is 13.1. The summed E-state index contributed by atoms with van der Waals surface area (Å²) < 4.78 is 21.9. The number of nitrogens with one attached hydrogen (secondary N) is 1. The summed E-state index contributed by atoms with van der Waals surface area (Å²) in [6.07, 6.45) is 0.680. The lowest BCUT2D eigenvalue weighted by molar-refractivity contribution is -0.130. The summed E-state index contributed by atoms with van der Waals surface area (Å²) in [4.78, 5) is 12.2. The van der Waals surface area contributed by atoms with Crippen molar-refractivity contribution in [3.05, 3.63) is 47.0 Å². The highest BCUT2D eigenvalue weighted by atomic mass is 35.5. The summed E-state index contributed by atoms with van der Waals surface area (Å²) in [5, 5.41) is 4.34. The SMILES string of the molecule is CCOc1cc(/C=N\NC(=O)[C@H]2COc3ccccc3O2)cc(Cl)c1OC. The van der Waals surface area contributed by atoms with Crippen molar-refractivity contribution < 1.29 is 23.7 Å². The number of hydrogen-bond acceptors (Lipinski definition) is 6. The van der Waals surface area contributed by atoms with Crippen LogP contribution in [0.25, 0.3) is 0 Å². The average Bonchev–Trinajstić information content (AvgIpc) is 2.67. The largest absolute Gasteiger partial charge is 0.491 e. The molecule has 0 aliphatic carbocycles. The van der Waals surface area contributed by atoms with E-state index in [9.17, 15) is 4.79 Å². The number of halogens is 1. The van der Waals surface area contributed by atoms with E-state index in [0.29, 0.717) is 40.2 Å². The van der Waals surface area contributed by atoms with Crippen LogP contribution in [-0.4, -0.2) is 38.5 Å². The van der Waals surface area contributed by atoms with Crippen LogP contribution in [-0.2, 0) is 4.79 Å². The first-order valence-corrected chi connectivity index (χ1v) is 8.72. The molecule has 0 unspecified atom stereocenters. The predicted molar refractivity (Wildman–Crippen MR) is 101 cm³/mol. The molecule has 0 bridgehead atoms. The van der Waals surface area contributed by atoms with E-state index in [1.165, 1.54) is 13.3 Å². The normalized spacial score (nSPS) is 15.4. The highest BCUT2D eigenvalue weighted by Gasteiger charge is 2.27. The topological polar surface area (TPSA) is 78.4 Å². The molecule has 1 N–H and O–H groups in total. The molecule has 1 aliphatic heterocycles. The van der Waals surface area contributed by atoms with E-state index in [1.54, 1.807) is 24.3 Å². The van der Waals surface area contributed by atoms with Crippen LogP contribution in [0.2, 0.25) is 5.02 Å². The molecule has 2 aromatic carbocycles. The van der Waals surface area contributed by atoms with E-state index in [1.807, 2.05) is 19.1 Å². The summed E-state index contributed by atoms with van der Waals surface area (Å²) in [6.45, 7) is 2.43. The fraction of sp³-hybridized carbons (Fsp3) is 0.263. The summed E-state index contributed by atoms with van der Waals surface area (Å²) in [5.74, 6) is 1.68. The zero-order valence-corrected chi connectivity index (χ0v) is 15.7. The van der Waals surface area contributed by atoms with Gasteiger partial charge in [0.25, 0.3) is 5.91 Å². The third-order valence-electron chi connectivity index (χ3n) is 3.73. The van der Waals surface area contributed by atoms with Crippen molar-refractivity contribution in [3.63, 3.8) is 0 Å². The van der Waals surface area contributed by atoms with Crippen LogP contribution in [0.1, 0.15) is 12.5 Å². The van der Waals surface area contributed by atoms with Gasteiger partial charge in [-0.2, -0.15) is 5.10 Å². The molecule has 1 aliphatic rings. The molecule has 0 radical (unpaired) electrons. The number of rotatable bonds is 6. The van der Waals surface area contributed by atoms with E-state index in [4.69, 9.17) is 30.5 Å². The predicted octanol–water partition coefficient (Wildman–Crippen LogP) is 3.04. The molecular formula is C19H19ClN2O5. The molecule has 1 amide bonds. The van der Waals surface area contributed by atoms with E-state index in [2.05, 4.69) is 10.5 Å². The van der Waals surface area contributed by atoms with E-state index in [-0.39, 0.29) is 6.61 Å². The first kappa shape index (κ1) is 18.8. The zero-order valence-electron chi connectivity index (χ0n) is 14.9. The second kappa shape index (κ2) is 8.64. The van der Waals surface area contributed by atoms with E-state index >= 15 is 0 Å². The van der Waals surface area contributed by atoms with Gasteiger partial charge in [0.15, 0.2) is 23.0 Å². The zero-order chi connectivity index (χ0) is 19.2. The number of methoxy groups -OCH3 is 1. The minimum atomic E-state index is -0.782. The van der Waals surface area contributed by atoms with Gasteiger partial charge in [-0.25, -0.2) is 5.43 Å². The van der Waals surface area contributed by atoms with E-state index < -0.39 is 12.0 Å². The van der Waals surface area contributed by atoms with Crippen molar-refractivity contribution in [1.82, 2.24) is 5.43 Å². The maximum Gasteiger partial charge on any atom is 0.284 e. The van der Waals surface area contributed by atoms with Gasteiger partial charge in [-0.15, -0.1) is 0 Å². The monoisotopic (exact) mass is 390 g/mol. The Labute approximate surface area is 161 Å². The van der Waals surface area contributed by atoms with Gasteiger partial charge in [0.2, 0.25) is 6.10 Å². The van der Waals surface area contributed by atoms with Gasteiger partial charge in [-0.3, -0.25) is 4.79 Å². The van der Waals surface area contributed by atoms with Gasteiger partial charge in [0.05, 0.1) is 25.0 Å². The first-order valence-electron chi connectivity index (χ1n) is 8.34. The molecule has 0 spiro atoms. The van der Waals surface area contributed by atoms with Gasteiger partial charge < -0.3 is 18.9 Å². The van der Waals surface area contributed by atoms with Gasteiger partial charge in [-0.1, -0.05) is 23.7 Å². The Balaban J connectivity index is 1.64. The lowest BCUT2D eigenvalue weighted by Crippen LogP contribution is -2.42. The molecule has 7 nitrogen and oxygen atoms in total. The molecule has 27 heavy (non-hydrogen) atoms. The van der Waals surface area contributed by atoms with Crippen LogP contribution in [0.3, 0.4) is 0 Å². The standard InChI is InChI=1S/C19H19ClN2O5/c1-3-25-16-9-12(8-13(20)18(16)24-2)10-21-22-19(23)17-11-26-14-6-4-5-7-15(14)27-17/h4-10,17H,3,11H2,1-2H3,(H,22,23)/b21-10-/t17-/m1/s1. The molecule has 0 aromatic heterocycles. The lowest BCUT2D eigenvalue weighted by Gasteiger charge is -2.24. The fourth-order valence-corrected chi connectivity index (χ4v) is 2.81. The third kappa shape index (κ3) is 4.43. The van der Waals surface area contributed by atoms with Gasteiger partial charge in [0.1, 0.15) is 6.61 Å². The van der Waals surface area contributed by atoms with Gasteiger partial charge >= 0.3 is 0 Å². The fourth-order valence-electron chi connectivity index (χ4n) is 2.51. The Hall–Kier alpha value is -2.93. The summed E-state index contributed by atoms with van der Waals surface area (Å²) in [5.41, 5.74) is 3.09. The van der Waals surface area contributed by atoms with Crippen LogP contribution in [0.15, 0.2) is 41.5 Å². The Kier molecular flexibility index (Phi) is 6.03. The molecule has 0 saturated carbocycles. The maximum absolute atomic E-state index is 12.2. The van der Waals surface area contributed by atoms with Crippen molar-refractivity contribution in [2.24, 2.45) is 5.10 Å². The van der Waals surface area contributed by atoms with Crippen LogP contribution < -0.4 is 24.4 Å². The number of nitrogens with zero attached hydrogens (tertiary/aromatic N) is 1. The molecule has 3 rings (SSSR count). The average molecular weight is 391 g/mol. The molecule has 1 atom stereocenters. The molecule has 0 fully saturated rings. The summed E-state index contributed by atoms with van der Waals surface area (Å²) in [7, 11) is 1.52. The van der Waals surface area contributed by atoms with Crippen LogP contribution >= 0.6 is 11.6 Å². The highest BCUT2D eigenvalue weighted by Crippen LogP contribution is 2.36. The minimum absolute atomic E-state index is 0.112. The Morgan fingerprint density at radius 1 is 1.37 bits per heavy atom. The Morgan fingerprint density at radius 3 is 2.89 bits per heavy atom. The van der Waals surface area contributed by atoms with E-state index in [0.717, 1.165) is 0 Å². The Bertz CT molecular complexity index is 856. The molecular weight excluding hydrogens is 372 g/mol. The molecule has 1 heterocycles. The van der Waals surface area contributed by atoms with Crippen LogP contribution in [0.4, 0.5) is 0 Å². The number of hydrogen-bond donors (Lipinski definition) is 1. The van der Waals surface area contributed by atoms with Gasteiger partial charge in [-0.05, 0) is 36.8 Å². The molecule has 8 heteroatoms. The van der Waals surface area contributed by atoms with Gasteiger partial charge in [0, 0.05) is 0 Å². The number of benzene rings is 2. The minimum Gasteiger partial charge on any atom is -0.491 e. The number of para-hydroxylation sites is 2. The molecule has 142 valence electrons. The number of hydrazone groups is 1. The smallest absolute Gasteiger partial charge is 0.284 e. The molecule has 0 saturated heterocycles. The van der Waals surface area contributed by atoms with Crippen molar-refractivity contribution in [1.29, 1.82) is 0 Å². The number of ether oxygens (including phenoxy) is 4. The van der Waals surface area contributed by atoms with Crippen molar-refractivity contribution in [3.8, 4) is 23.0 Å². The van der Waals surface area contributed by atoms with Crippen molar-refractivity contribution in [2.45, 2.75) is 13.0 Å². The number of fused-ring (bicyclic) bond motifs is 1. The third-order valence-corrected chi connectivity index (χ3v) is 4.01. The number of amides is 1. The second-order valence-corrected chi connectivity index (χ2v) is 5.97. The maximum atomic E-state index is 12.2.